The first kappa shape index (κ1) is 14.9. The van der Waals surface area contributed by atoms with Gasteiger partial charge in [-0.2, -0.15) is 0 Å². The number of benzene rings is 1. The zero-order valence-corrected chi connectivity index (χ0v) is 12.3. The quantitative estimate of drug-likeness (QED) is 0.717. The standard InChI is InChI=1S/C11H14Cl2N2O3S/c12-8-3-7(14)4-9(13)11(8)19(17,18)15-5-10(16)6-1-2-6/h3-4,6,10,15-16H,1-2,5,14H2. The molecule has 106 valence electrons. The molecule has 5 nitrogen and oxygen atoms in total. The van der Waals surface area contributed by atoms with Crippen LogP contribution in [-0.4, -0.2) is 26.2 Å². The summed E-state index contributed by atoms with van der Waals surface area (Å²) >= 11 is 11.7. The fourth-order valence-electron chi connectivity index (χ4n) is 1.75. The fourth-order valence-corrected chi connectivity index (χ4v) is 4.03. The number of sulfonamides is 1. The fraction of sp³-hybridized carbons (Fsp3) is 0.455. The van der Waals surface area contributed by atoms with Crippen molar-refractivity contribution in [1.82, 2.24) is 4.72 Å². The van der Waals surface area contributed by atoms with Crippen LogP contribution >= 0.6 is 23.2 Å². The molecular weight excluding hydrogens is 311 g/mol. The van der Waals surface area contributed by atoms with Gasteiger partial charge < -0.3 is 10.8 Å². The predicted octanol–water partition coefficient (Wildman–Crippen LogP) is 1.62. The van der Waals surface area contributed by atoms with Gasteiger partial charge in [-0.3, -0.25) is 0 Å². The summed E-state index contributed by atoms with van der Waals surface area (Å²) in [5, 5.41) is 9.58. The summed E-state index contributed by atoms with van der Waals surface area (Å²) in [5.74, 6) is 0.181. The summed E-state index contributed by atoms with van der Waals surface area (Å²) in [7, 11) is -3.87. The minimum absolute atomic E-state index is 0.0431. The summed E-state index contributed by atoms with van der Waals surface area (Å²) in [6.45, 7) is -0.0516. The summed E-state index contributed by atoms with van der Waals surface area (Å²) in [6.07, 6.45) is 1.17. The Hall–Kier alpha value is -0.530. The third-order valence-electron chi connectivity index (χ3n) is 2.94. The van der Waals surface area contributed by atoms with E-state index in [0.717, 1.165) is 12.8 Å². The van der Waals surface area contributed by atoms with Gasteiger partial charge in [0.1, 0.15) is 4.90 Å². The molecule has 1 unspecified atom stereocenters. The van der Waals surface area contributed by atoms with Crippen LogP contribution in [0.5, 0.6) is 0 Å². The highest BCUT2D eigenvalue weighted by atomic mass is 35.5. The molecule has 0 spiro atoms. The van der Waals surface area contributed by atoms with Crippen molar-refractivity contribution in [2.75, 3.05) is 12.3 Å². The summed E-state index contributed by atoms with van der Waals surface area (Å²) in [4.78, 5) is -0.215. The summed E-state index contributed by atoms with van der Waals surface area (Å²) < 4.78 is 26.5. The van der Waals surface area contributed by atoms with E-state index < -0.39 is 16.1 Å². The van der Waals surface area contributed by atoms with Crippen molar-refractivity contribution in [3.8, 4) is 0 Å². The Morgan fingerprint density at radius 1 is 1.37 bits per heavy atom. The van der Waals surface area contributed by atoms with Crippen LogP contribution in [0.1, 0.15) is 12.8 Å². The van der Waals surface area contributed by atoms with Crippen LogP contribution in [0.4, 0.5) is 5.69 Å². The molecule has 1 aromatic carbocycles. The summed E-state index contributed by atoms with van der Waals surface area (Å²) in [5.41, 5.74) is 5.80. The number of aliphatic hydroxyl groups is 1. The topological polar surface area (TPSA) is 92.4 Å². The molecule has 1 aromatic rings. The van der Waals surface area contributed by atoms with Crippen LogP contribution in [0.15, 0.2) is 17.0 Å². The molecule has 0 bridgehead atoms. The van der Waals surface area contributed by atoms with Gasteiger partial charge in [-0.05, 0) is 30.9 Å². The van der Waals surface area contributed by atoms with Gasteiger partial charge in [0.25, 0.3) is 0 Å². The third kappa shape index (κ3) is 3.52. The maximum Gasteiger partial charge on any atom is 0.243 e. The van der Waals surface area contributed by atoms with Gasteiger partial charge in [-0.25, -0.2) is 13.1 Å². The Balaban J connectivity index is 2.19. The van der Waals surface area contributed by atoms with Crippen LogP contribution in [0.25, 0.3) is 0 Å². The number of nitrogens with one attached hydrogen (secondary N) is 1. The van der Waals surface area contributed by atoms with Crippen molar-refractivity contribution >= 4 is 38.9 Å². The van der Waals surface area contributed by atoms with Crippen molar-refractivity contribution in [1.29, 1.82) is 0 Å². The molecule has 1 fully saturated rings. The van der Waals surface area contributed by atoms with E-state index in [1.165, 1.54) is 12.1 Å². The van der Waals surface area contributed by atoms with Crippen molar-refractivity contribution < 1.29 is 13.5 Å². The Labute approximate surface area is 121 Å². The first-order chi connectivity index (χ1) is 8.81. The molecule has 8 heteroatoms. The zero-order chi connectivity index (χ0) is 14.2. The maximum atomic E-state index is 12.1. The molecule has 1 saturated carbocycles. The van der Waals surface area contributed by atoms with Crippen LogP contribution in [-0.2, 0) is 10.0 Å². The average Bonchev–Trinajstić information content (AvgIpc) is 3.07. The first-order valence-corrected chi connectivity index (χ1v) is 7.97. The molecular formula is C11H14Cl2N2O3S. The Morgan fingerprint density at radius 2 is 1.89 bits per heavy atom. The second-order valence-corrected chi connectivity index (χ2v) is 7.09. The monoisotopic (exact) mass is 324 g/mol. The van der Waals surface area contributed by atoms with E-state index in [4.69, 9.17) is 28.9 Å². The average molecular weight is 325 g/mol. The van der Waals surface area contributed by atoms with Gasteiger partial charge in [0, 0.05) is 12.2 Å². The Morgan fingerprint density at radius 3 is 2.37 bits per heavy atom. The molecule has 19 heavy (non-hydrogen) atoms. The Bertz CT molecular complexity index is 565. The number of anilines is 1. The number of hydrogen-bond acceptors (Lipinski definition) is 4. The van der Waals surface area contributed by atoms with E-state index in [-0.39, 0.29) is 33.1 Å². The lowest BCUT2D eigenvalue weighted by Crippen LogP contribution is -2.33. The van der Waals surface area contributed by atoms with E-state index in [2.05, 4.69) is 4.72 Å². The van der Waals surface area contributed by atoms with Crippen LogP contribution in [0.3, 0.4) is 0 Å². The van der Waals surface area contributed by atoms with E-state index >= 15 is 0 Å². The number of rotatable bonds is 5. The Kier molecular flexibility index (Phi) is 4.27. The van der Waals surface area contributed by atoms with Gasteiger partial charge in [-0.15, -0.1) is 0 Å². The minimum atomic E-state index is -3.87. The van der Waals surface area contributed by atoms with Gasteiger partial charge in [0.05, 0.1) is 16.1 Å². The molecule has 2 rings (SSSR count). The largest absolute Gasteiger partial charge is 0.399 e. The highest BCUT2D eigenvalue weighted by Crippen LogP contribution is 2.33. The molecule has 0 aromatic heterocycles. The van der Waals surface area contributed by atoms with E-state index in [1.54, 1.807) is 0 Å². The normalized spacial score (nSPS) is 17.4. The maximum absolute atomic E-state index is 12.1. The number of nitrogens with two attached hydrogens (primary N) is 1. The van der Waals surface area contributed by atoms with Crippen molar-refractivity contribution in [3.63, 3.8) is 0 Å². The highest BCUT2D eigenvalue weighted by Gasteiger charge is 2.31. The second kappa shape index (κ2) is 5.46. The second-order valence-electron chi connectivity index (χ2n) is 4.57. The molecule has 0 aliphatic heterocycles. The zero-order valence-electron chi connectivity index (χ0n) is 9.94. The number of aliphatic hydroxyl groups excluding tert-OH is 1. The molecule has 1 atom stereocenters. The van der Waals surface area contributed by atoms with Crippen molar-refractivity contribution in [3.05, 3.63) is 22.2 Å². The lowest BCUT2D eigenvalue weighted by molar-refractivity contribution is 0.155. The molecule has 0 heterocycles. The molecule has 0 amide bonds. The van der Waals surface area contributed by atoms with Crippen LogP contribution in [0, 0.1) is 5.92 Å². The van der Waals surface area contributed by atoms with Crippen LogP contribution in [0.2, 0.25) is 10.0 Å². The highest BCUT2D eigenvalue weighted by molar-refractivity contribution is 7.89. The minimum Gasteiger partial charge on any atom is -0.399 e. The molecule has 1 aliphatic rings. The van der Waals surface area contributed by atoms with Crippen molar-refractivity contribution in [2.24, 2.45) is 5.92 Å². The van der Waals surface area contributed by atoms with E-state index in [0.29, 0.717) is 0 Å². The van der Waals surface area contributed by atoms with Gasteiger partial charge in [-0.1, -0.05) is 23.2 Å². The lowest BCUT2D eigenvalue weighted by Gasteiger charge is -2.13. The SMILES string of the molecule is Nc1cc(Cl)c(S(=O)(=O)NCC(O)C2CC2)c(Cl)c1. The first-order valence-electron chi connectivity index (χ1n) is 5.73. The van der Waals surface area contributed by atoms with Gasteiger partial charge >= 0.3 is 0 Å². The molecule has 0 saturated heterocycles. The van der Waals surface area contributed by atoms with Crippen LogP contribution < -0.4 is 10.5 Å². The predicted molar refractivity (Wildman–Crippen MR) is 74.8 cm³/mol. The van der Waals surface area contributed by atoms with Gasteiger partial charge in [0.15, 0.2) is 0 Å². The van der Waals surface area contributed by atoms with E-state index in [9.17, 15) is 13.5 Å². The number of hydrogen-bond donors (Lipinski definition) is 3. The molecule has 1 aliphatic carbocycles. The summed E-state index contributed by atoms with van der Waals surface area (Å²) in [6, 6.07) is 2.64. The smallest absolute Gasteiger partial charge is 0.243 e. The van der Waals surface area contributed by atoms with Gasteiger partial charge in [0.2, 0.25) is 10.0 Å². The molecule has 0 radical (unpaired) electrons. The van der Waals surface area contributed by atoms with E-state index in [1.807, 2.05) is 0 Å². The third-order valence-corrected chi connectivity index (χ3v) is 5.28. The number of halogens is 2. The van der Waals surface area contributed by atoms with Crippen molar-refractivity contribution in [2.45, 2.75) is 23.8 Å². The number of nitrogen functional groups attached to an aromatic ring is 1. The molecule has 4 N–H and O–H groups in total. The lowest BCUT2D eigenvalue weighted by atomic mass is 10.2.